The molecule has 1 heterocycles. The predicted molar refractivity (Wildman–Crippen MR) is 70.8 cm³/mol. The first-order valence-corrected chi connectivity index (χ1v) is 6.62. The molecule has 5 heteroatoms. The van der Waals surface area contributed by atoms with Gasteiger partial charge in [0.15, 0.2) is 5.82 Å². The molecule has 0 amide bonds. The first kappa shape index (κ1) is 11.9. The minimum absolute atomic E-state index is 0.136. The molecule has 0 bridgehead atoms. The van der Waals surface area contributed by atoms with E-state index in [1.807, 2.05) is 11.4 Å². The summed E-state index contributed by atoms with van der Waals surface area (Å²) in [6, 6.07) is 6.92. The highest BCUT2D eigenvalue weighted by atomic mass is 79.9. The Labute approximate surface area is 110 Å². The van der Waals surface area contributed by atoms with Crippen molar-refractivity contribution in [3.63, 3.8) is 0 Å². The van der Waals surface area contributed by atoms with Gasteiger partial charge >= 0.3 is 0 Å². The van der Waals surface area contributed by atoms with Crippen LogP contribution in [0.15, 0.2) is 33.4 Å². The van der Waals surface area contributed by atoms with Crippen LogP contribution < -0.4 is 5.32 Å². The van der Waals surface area contributed by atoms with E-state index in [1.165, 1.54) is 6.07 Å². The fraction of sp³-hybridized carbons (Fsp3) is 0.0909. The Balaban J connectivity index is 2.07. The van der Waals surface area contributed by atoms with Gasteiger partial charge in [-0.2, -0.15) is 0 Å². The van der Waals surface area contributed by atoms with Crippen molar-refractivity contribution in [2.45, 2.75) is 6.54 Å². The maximum absolute atomic E-state index is 13.5. The van der Waals surface area contributed by atoms with Gasteiger partial charge in [0.2, 0.25) is 0 Å². The van der Waals surface area contributed by atoms with Crippen LogP contribution in [0.1, 0.15) is 5.56 Å². The molecule has 0 saturated carbocycles. The van der Waals surface area contributed by atoms with Gasteiger partial charge in [-0.3, -0.25) is 0 Å². The molecule has 2 rings (SSSR count). The SMILES string of the molecule is Fc1c(Cl)cccc1NCc1csc(Br)c1. The molecule has 1 aromatic carbocycles. The van der Waals surface area contributed by atoms with Gasteiger partial charge in [-0.15, -0.1) is 11.3 Å². The Hall–Kier alpha value is -0.580. The Morgan fingerprint density at radius 3 is 2.94 bits per heavy atom. The molecule has 1 N–H and O–H groups in total. The first-order chi connectivity index (χ1) is 7.66. The van der Waals surface area contributed by atoms with Crippen molar-refractivity contribution in [1.29, 1.82) is 0 Å². The fourth-order valence-electron chi connectivity index (χ4n) is 1.28. The lowest BCUT2D eigenvalue weighted by atomic mass is 10.3. The highest BCUT2D eigenvalue weighted by molar-refractivity contribution is 9.11. The van der Waals surface area contributed by atoms with Crippen LogP contribution in [-0.2, 0) is 6.54 Å². The van der Waals surface area contributed by atoms with Gasteiger partial charge in [0.1, 0.15) is 0 Å². The molecule has 0 saturated heterocycles. The van der Waals surface area contributed by atoms with Gasteiger partial charge in [0, 0.05) is 6.54 Å². The molecule has 0 atom stereocenters. The standard InChI is InChI=1S/C11H8BrClFNS/c12-10-4-7(6-16-10)5-15-9-3-1-2-8(13)11(9)14/h1-4,6,15H,5H2. The van der Waals surface area contributed by atoms with E-state index in [4.69, 9.17) is 11.6 Å². The number of rotatable bonds is 3. The molecule has 1 aromatic heterocycles. The zero-order valence-electron chi connectivity index (χ0n) is 8.14. The minimum Gasteiger partial charge on any atom is -0.379 e. The summed E-state index contributed by atoms with van der Waals surface area (Å²) in [4.78, 5) is 0. The molecule has 1 nitrogen and oxygen atoms in total. The quantitative estimate of drug-likeness (QED) is 0.847. The highest BCUT2D eigenvalue weighted by Crippen LogP contribution is 2.24. The van der Waals surface area contributed by atoms with Crippen molar-refractivity contribution in [3.05, 3.63) is 49.8 Å². The number of nitrogens with one attached hydrogen (secondary N) is 1. The van der Waals surface area contributed by atoms with E-state index < -0.39 is 5.82 Å². The second-order valence-electron chi connectivity index (χ2n) is 3.21. The summed E-state index contributed by atoms with van der Waals surface area (Å²) < 4.78 is 14.6. The highest BCUT2D eigenvalue weighted by Gasteiger charge is 2.05. The lowest BCUT2D eigenvalue weighted by molar-refractivity contribution is 0.630. The van der Waals surface area contributed by atoms with Gasteiger partial charge < -0.3 is 5.32 Å². The first-order valence-electron chi connectivity index (χ1n) is 4.57. The predicted octanol–water partition coefficient (Wildman–Crippen LogP) is 4.92. The van der Waals surface area contributed by atoms with Crippen LogP contribution in [0.5, 0.6) is 0 Å². The topological polar surface area (TPSA) is 12.0 Å². The van der Waals surface area contributed by atoms with Crippen LogP contribution in [0.3, 0.4) is 0 Å². The van der Waals surface area contributed by atoms with E-state index in [2.05, 4.69) is 21.2 Å². The van der Waals surface area contributed by atoms with E-state index in [1.54, 1.807) is 23.5 Å². The van der Waals surface area contributed by atoms with E-state index in [0.717, 1.165) is 9.35 Å². The molecule has 0 aliphatic carbocycles. The maximum Gasteiger partial charge on any atom is 0.164 e. The molecule has 0 unspecified atom stereocenters. The number of hydrogen-bond donors (Lipinski definition) is 1. The Morgan fingerprint density at radius 1 is 1.44 bits per heavy atom. The fourth-order valence-corrected chi connectivity index (χ4v) is 2.66. The number of hydrogen-bond acceptors (Lipinski definition) is 2. The van der Waals surface area contributed by atoms with E-state index in [-0.39, 0.29) is 5.02 Å². The molecule has 0 aliphatic rings. The van der Waals surface area contributed by atoms with Crippen molar-refractivity contribution in [2.75, 3.05) is 5.32 Å². The largest absolute Gasteiger partial charge is 0.379 e. The van der Waals surface area contributed by atoms with Gasteiger partial charge in [0.25, 0.3) is 0 Å². The third-order valence-corrected chi connectivity index (χ3v) is 3.90. The van der Waals surface area contributed by atoms with Crippen molar-refractivity contribution < 1.29 is 4.39 Å². The van der Waals surface area contributed by atoms with E-state index in [9.17, 15) is 4.39 Å². The second kappa shape index (κ2) is 5.17. The molecule has 0 radical (unpaired) electrons. The average molecular weight is 321 g/mol. The number of anilines is 1. The van der Waals surface area contributed by atoms with Crippen LogP contribution in [0.25, 0.3) is 0 Å². The summed E-state index contributed by atoms with van der Waals surface area (Å²) in [7, 11) is 0. The molecule has 0 aliphatic heterocycles. The number of thiophene rings is 1. The van der Waals surface area contributed by atoms with Crippen LogP contribution in [-0.4, -0.2) is 0 Å². The van der Waals surface area contributed by atoms with Crippen molar-refractivity contribution >= 4 is 44.6 Å². The van der Waals surface area contributed by atoms with E-state index in [0.29, 0.717) is 12.2 Å². The minimum atomic E-state index is -0.404. The molecule has 0 spiro atoms. The molecule has 84 valence electrons. The second-order valence-corrected chi connectivity index (χ2v) is 5.91. The monoisotopic (exact) mass is 319 g/mol. The van der Waals surface area contributed by atoms with Gasteiger partial charge in [0.05, 0.1) is 14.5 Å². The van der Waals surface area contributed by atoms with Crippen LogP contribution in [0.2, 0.25) is 5.02 Å². The van der Waals surface area contributed by atoms with Gasteiger partial charge in [-0.1, -0.05) is 17.7 Å². The third-order valence-electron chi connectivity index (χ3n) is 2.06. The Kier molecular flexibility index (Phi) is 3.84. The smallest absolute Gasteiger partial charge is 0.164 e. The van der Waals surface area contributed by atoms with E-state index >= 15 is 0 Å². The zero-order valence-corrected chi connectivity index (χ0v) is 11.3. The van der Waals surface area contributed by atoms with Crippen molar-refractivity contribution in [1.82, 2.24) is 0 Å². The lowest BCUT2D eigenvalue weighted by Crippen LogP contribution is -2.00. The maximum atomic E-state index is 13.5. The number of benzene rings is 1. The Morgan fingerprint density at radius 2 is 2.25 bits per heavy atom. The van der Waals surface area contributed by atoms with Crippen LogP contribution in [0.4, 0.5) is 10.1 Å². The van der Waals surface area contributed by atoms with Gasteiger partial charge in [-0.25, -0.2) is 4.39 Å². The summed E-state index contributed by atoms with van der Waals surface area (Å²) in [6.07, 6.45) is 0. The molecule has 2 aromatic rings. The molecular formula is C11H8BrClFNS. The summed E-state index contributed by atoms with van der Waals surface area (Å²) in [5, 5.41) is 5.16. The Bertz CT molecular complexity index is 500. The van der Waals surface area contributed by atoms with Crippen LogP contribution in [0, 0.1) is 5.82 Å². The lowest BCUT2D eigenvalue weighted by Gasteiger charge is -2.06. The molecule has 16 heavy (non-hydrogen) atoms. The van der Waals surface area contributed by atoms with Gasteiger partial charge in [-0.05, 0) is 45.1 Å². The zero-order chi connectivity index (χ0) is 11.5. The summed E-state index contributed by atoms with van der Waals surface area (Å²) in [5.74, 6) is -0.404. The summed E-state index contributed by atoms with van der Waals surface area (Å²) >= 11 is 10.7. The average Bonchev–Trinajstić information content (AvgIpc) is 2.67. The normalized spacial score (nSPS) is 10.4. The van der Waals surface area contributed by atoms with Crippen molar-refractivity contribution in [2.24, 2.45) is 0 Å². The molecular weight excluding hydrogens is 313 g/mol. The summed E-state index contributed by atoms with van der Waals surface area (Å²) in [5.41, 5.74) is 1.53. The molecule has 0 fully saturated rings. The van der Waals surface area contributed by atoms with Crippen molar-refractivity contribution in [3.8, 4) is 0 Å². The summed E-state index contributed by atoms with van der Waals surface area (Å²) in [6.45, 7) is 0.583. The third kappa shape index (κ3) is 2.75. The number of halogens is 3. The van der Waals surface area contributed by atoms with Crippen LogP contribution >= 0.6 is 38.9 Å².